The average Bonchev–Trinajstić information content (AvgIpc) is 0.764. The number of aromatic hydroxyl groups is 3. The highest BCUT2D eigenvalue weighted by Crippen LogP contribution is 2.50. The maximum atomic E-state index is 16.3. The van der Waals surface area contributed by atoms with E-state index in [1.165, 1.54) is 38.2 Å². The number of phenolic OH excluding ortho intramolecular Hbond substituents is 3. The summed E-state index contributed by atoms with van der Waals surface area (Å²) in [6, 6.07) is 3.48. The molecule has 680 valence electrons. The van der Waals surface area contributed by atoms with Crippen molar-refractivity contribution in [3.05, 3.63) is 141 Å². The van der Waals surface area contributed by atoms with Gasteiger partial charge in [0.1, 0.15) is 101 Å². The summed E-state index contributed by atoms with van der Waals surface area (Å²) in [6.45, 7) is 7.94. The van der Waals surface area contributed by atoms with Crippen molar-refractivity contribution in [2.75, 3.05) is 65.3 Å². The number of anilines is 1. The number of nitrogens with two attached hydrogens (primary N) is 1. The predicted octanol–water partition coefficient (Wildman–Crippen LogP) is 1.58. The number of amides is 10. The fourth-order valence-corrected chi connectivity index (χ4v) is 15.9. The van der Waals surface area contributed by atoms with E-state index in [1.54, 1.807) is 11.9 Å². The lowest BCUT2D eigenvalue weighted by atomic mass is 9.85. The number of piperazine rings is 1. The van der Waals surface area contributed by atoms with Crippen LogP contribution in [0.3, 0.4) is 0 Å². The quantitative estimate of drug-likeness (QED) is 0.0455. The molecule has 16 unspecified atom stereocenters. The van der Waals surface area contributed by atoms with Crippen LogP contribution in [0.5, 0.6) is 51.7 Å². The zero-order valence-electron chi connectivity index (χ0n) is 68.1. The highest BCUT2D eigenvalue weighted by molar-refractivity contribution is 6.32. The Morgan fingerprint density at radius 2 is 1.34 bits per heavy atom. The van der Waals surface area contributed by atoms with Gasteiger partial charge in [-0.25, -0.2) is 15.3 Å². The highest BCUT2D eigenvalue weighted by atomic mass is 35.5. The van der Waals surface area contributed by atoms with Crippen molar-refractivity contribution >= 4 is 82.2 Å². The monoisotopic (exact) mass is 1810 g/mol. The lowest BCUT2D eigenvalue weighted by Gasteiger charge is -2.48. The van der Waals surface area contributed by atoms with E-state index in [0.29, 0.717) is 32.7 Å². The number of likely N-dealkylation sites (N-methyl/N-ethyl adjacent to an activating group) is 1. The van der Waals surface area contributed by atoms with Crippen molar-refractivity contribution in [3.63, 3.8) is 0 Å². The van der Waals surface area contributed by atoms with Crippen LogP contribution in [0.25, 0.3) is 11.1 Å². The number of benzene rings is 6. The molecule has 0 spiro atoms. The van der Waals surface area contributed by atoms with Gasteiger partial charge in [-0.1, -0.05) is 55.2 Å². The molecule has 14 rings (SSSR count). The number of carbonyl (C=O) groups excluding carboxylic acids is 9. The number of hydrogen-bond acceptors (Lipinski definition) is 30. The molecular formula is C81H95Cl2F3N14O26. The van der Waals surface area contributed by atoms with Crippen molar-refractivity contribution in [2.24, 2.45) is 11.7 Å². The Morgan fingerprint density at radius 1 is 0.714 bits per heavy atom. The van der Waals surface area contributed by atoms with E-state index in [0.717, 1.165) is 86.0 Å². The molecule has 10 amide bonds. The summed E-state index contributed by atoms with van der Waals surface area (Å²) in [5.41, 5.74) is 6.80. The average molecular weight is 1810 g/mol. The van der Waals surface area contributed by atoms with Gasteiger partial charge < -0.3 is 133 Å². The number of primary amides is 1. The summed E-state index contributed by atoms with van der Waals surface area (Å²) in [5, 5.41) is 131. The number of hydrogen-bond donors (Lipinski definition) is 21. The standard InChI is InChI=1S/C81H95Cl2F3N14O26/c1-34(2)23-47(88-5)71(111)95-62-64(106)37-8-15-51(45(82)25-37)121-53-27-39-28-54(68(53)125-78-69(67(109)66(108)55(33-101)123-78)124-57-32-80(4,70(110)35(3)120-57)89-17-18-99-19-21-100(22-20-99)97-79(118)90-40-10-12-42(13-11-40)126-81(84,85)86)122-52-16-9-38(26-46(52)83)65(107)63-76(116)94-61(77(117)98-119-6)44-29-41(102)30-50(104)58(44)43-24-36(7-14-49(43)103)59(73(113)96-63)93-74(114)60(39)92-72(112)48(31-56(87)105)91-75(62)115/h7-16,24-30,34-35,47-48,55,57,59-67,69-70,78,88-89,101-104,106-110H,17-23,31-33H2,1-6H3,(H2,87,105)(H,91,115)(H,92,112)(H,93,114)(H,94,116)(H,95,111)(H,96,113)(H,98,117)(H2,90,97,118)/t35?,47?,48?,55?,57?,59?,60?,61-,62?,63?,64?,65?,66?,67?,69?,70?,78?,80-/m1/s1. The summed E-state index contributed by atoms with van der Waals surface area (Å²) < 4.78 is 81.6. The van der Waals surface area contributed by atoms with Gasteiger partial charge in [-0.15, -0.1) is 13.2 Å². The first-order valence-electron chi connectivity index (χ1n) is 39.6. The molecule has 8 aliphatic heterocycles. The van der Waals surface area contributed by atoms with Crippen LogP contribution in [0.1, 0.15) is 105 Å². The third-order valence-electron chi connectivity index (χ3n) is 21.9. The van der Waals surface area contributed by atoms with Gasteiger partial charge in [-0.2, -0.15) is 0 Å². The first kappa shape index (κ1) is 93.9. The van der Waals surface area contributed by atoms with Crippen LogP contribution in [-0.4, -0.2) is 254 Å². The van der Waals surface area contributed by atoms with Crippen molar-refractivity contribution in [1.29, 1.82) is 0 Å². The topological polar surface area (TPSA) is 574 Å². The number of aliphatic hydroxyl groups excluding tert-OH is 6. The van der Waals surface area contributed by atoms with E-state index in [1.807, 2.05) is 13.8 Å². The van der Waals surface area contributed by atoms with Crippen LogP contribution in [0.4, 0.5) is 23.7 Å². The summed E-state index contributed by atoms with van der Waals surface area (Å²) in [4.78, 5) is 139. The minimum atomic E-state index is -4.91. The van der Waals surface area contributed by atoms with Crippen molar-refractivity contribution in [1.82, 2.24) is 63.3 Å². The number of phenols is 3. The third kappa shape index (κ3) is 21.9. The second-order valence-corrected chi connectivity index (χ2v) is 32.2. The summed E-state index contributed by atoms with van der Waals surface area (Å²) >= 11 is 14.3. The molecule has 22 N–H and O–H groups in total. The molecule has 3 fully saturated rings. The van der Waals surface area contributed by atoms with Crippen LogP contribution >= 0.6 is 23.2 Å². The van der Waals surface area contributed by atoms with Crippen molar-refractivity contribution < 1.29 is 140 Å². The van der Waals surface area contributed by atoms with E-state index in [9.17, 15) is 78.3 Å². The fourth-order valence-electron chi connectivity index (χ4n) is 15.4. The Balaban J connectivity index is 0.959. The maximum absolute atomic E-state index is 16.3. The summed E-state index contributed by atoms with van der Waals surface area (Å²) in [7, 11) is 2.50. The van der Waals surface area contributed by atoms with Crippen LogP contribution in [-0.2, 0) is 57.4 Å². The lowest BCUT2D eigenvalue weighted by Crippen LogP contribution is -2.66. The number of fused-ring (bicyclic) bond motifs is 15. The van der Waals surface area contributed by atoms with Crippen LogP contribution in [0.15, 0.2) is 103 Å². The molecule has 0 aromatic heterocycles. The second-order valence-electron chi connectivity index (χ2n) is 31.4. The first-order valence-corrected chi connectivity index (χ1v) is 40.4. The van der Waals surface area contributed by atoms with Gasteiger partial charge in [0.25, 0.3) is 5.91 Å². The Labute approximate surface area is 726 Å². The van der Waals surface area contributed by atoms with Crippen LogP contribution in [0, 0.1) is 5.92 Å². The van der Waals surface area contributed by atoms with Crippen molar-refractivity contribution in [2.45, 2.75) is 163 Å². The van der Waals surface area contributed by atoms with E-state index in [2.05, 4.69) is 68.4 Å². The number of nitrogens with zero attached hydrogens (tertiary/aromatic N) is 2. The molecule has 0 saturated carbocycles. The van der Waals surface area contributed by atoms with Gasteiger partial charge in [-0.3, -0.25) is 53.5 Å². The number of alkyl halides is 3. The molecule has 6 aromatic carbocycles. The SMILES string of the molecule is CNC(CC(C)C)C(=O)NC1C(=O)NC(CC(N)=O)C(=O)NC2C(=O)NC3C(=O)NC(C(=O)N[C@@H](C(=O)NOC)c4cc(O)cc(O)c4-c4cc3ccc4O)C(O)c3ccc(c(Cl)c3)Oc3cc2cc(c3OC2OC(CO)C(O)C(O)C2OC2C[C@@](C)(NCCN3CCN(NC(=O)Nc4ccc(OC(F)(F)F)cc4)CC3)C(O)C(C)O2)Oc2ccc(cc2Cl)C1O. The van der Waals surface area contributed by atoms with E-state index >= 15 is 24.0 Å². The normalized spacial score (nSPS) is 27.0. The molecule has 126 heavy (non-hydrogen) atoms. The second kappa shape index (κ2) is 39.7. The summed E-state index contributed by atoms with van der Waals surface area (Å²) in [5.74, 6) is -15.9. The Hall–Kier alpha value is -11.2. The minimum Gasteiger partial charge on any atom is -0.508 e. The van der Waals surface area contributed by atoms with Gasteiger partial charge in [0.15, 0.2) is 23.9 Å². The molecule has 0 aliphatic carbocycles. The number of aliphatic hydroxyl groups is 6. The van der Waals surface area contributed by atoms with Crippen LogP contribution < -0.4 is 83.4 Å². The molecular weight excluding hydrogens is 1710 g/mol. The lowest BCUT2D eigenvalue weighted by molar-refractivity contribution is -0.334. The Bertz CT molecular complexity index is 5060. The van der Waals surface area contributed by atoms with Crippen molar-refractivity contribution in [3.8, 4) is 62.9 Å². The number of halogens is 5. The molecule has 8 aliphatic rings. The highest BCUT2D eigenvalue weighted by Gasteiger charge is 2.53. The molecule has 3 saturated heterocycles. The zero-order chi connectivity index (χ0) is 91.2. The molecule has 6 aromatic rings. The third-order valence-corrected chi connectivity index (χ3v) is 22.5. The number of urea groups is 1. The van der Waals surface area contributed by atoms with Gasteiger partial charge in [0.05, 0.1) is 48.4 Å². The van der Waals surface area contributed by atoms with Gasteiger partial charge in [-0.05, 0) is 140 Å². The Morgan fingerprint density at radius 3 is 1.95 bits per heavy atom. The largest absolute Gasteiger partial charge is 0.573 e. The maximum Gasteiger partial charge on any atom is 0.573 e. The van der Waals surface area contributed by atoms with Gasteiger partial charge in [0.2, 0.25) is 53.4 Å². The predicted molar refractivity (Wildman–Crippen MR) is 434 cm³/mol. The molecule has 45 heteroatoms. The van der Waals surface area contributed by atoms with E-state index in [4.69, 9.17) is 62.2 Å². The number of rotatable bonds is 21. The Kier molecular flexibility index (Phi) is 29.6. The molecule has 18 atom stereocenters. The first-order chi connectivity index (χ1) is 59.7. The number of carbonyl (C=O) groups is 9. The van der Waals surface area contributed by atoms with Crippen LogP contribution in [0.2, 0.25) is 10.0 Å². The smallest absolute Gasteiger partial charge is 0.508 e. The fraction of sp³-hybridized carbons (Fsp3) is 0.444. The molecule has 40 nitrogen and oxygen atoms in total. The van der Waals surface area contributed by atoms with E-state index in [-0.39, 0.29) is 53.4 Å². The number of hydroxylamine groups is 1. The number of ether oxygens (including phenoxy) is 7. The van der Waals surface area contributed by atoms with Gasteiger partial charge in [0, 0.05) is 74.1 Å². The number of hydrazine groups is 1. The number of nitrogens with one attached hydrogen (secondary N) is 11. The molecule has 8 heterocycles. The van der Waals surface area contributed by atoms with E-state index < -0.39 is 260 Å². The minimum absolute atomic E-state index is 0.123. The zero-order valence-corrected chi connectivity index (χ0v) is 69.6. The molecule has 0 radical (unpaired) electrons. The summed E-state index contributed by atoms with van der Waals surface area (Å²) in [6.07, 6.45) is -24.0. The molecule has 11 bridgehead atoms. The van der Waals surface area contributed by atoms with Gasteiger partial charge >= 0.3 is 12.4 Å².